The minimum Gasteiger partial charge on any atom is -0.463 e. The molecule has 26 heavy (non-hydrogen) atoms. The van der Waals surface area contributed by atoms with Gasteiger partial charge in [0.15, 0.2) is 5.43 Å². The first-order chi connectivity index (χ1) is 12.5. The Morgan fingerprint density at radius 2 is 1.92 bits per heavy atom. The van der Waals surface area contributed by atoms with Gasteiger partial charge in [0.1, 0.15) is 11.8 Å². The van der Waals surface area contributed by atoms with Crippen LogP contribution in [-0.4, -0.2) is 11.8 Å². The van der Waals surface area contributed by atoms with E-state index >= 15 is 0 Å². The Morgan fingerprint density at radius 1 is 1.15 bits per heavy atom. The SMILES string of the molecule is Cc1ccc2occ(/C=C/C(=O)Nc3ccccc3C(N)=O)c(=O)c2c1. The van der Waals surface area contributed by atoms with E-state index in [4.69, 9.17) is 10.2 Å². The Labute approximate surface area is 148 Å². The second-order valence-corrected chi connectivity index (χ2v) is 5.75. The molecule has 3 aromatic rings. The number of nitrogens with one attached hydrogen (secondary N) is 1. The summed E-state index contributed by atoms with van der Waals surface area (Å²) in [5.74, 6) is -1.14. The van der Waals surface area contributed by atoms with Crippen molar-refractivity contribution in [3.05, 3.63) is 81.7 Å². The zero-order chi connectivity index (χ0) is 18.7. The molecule has 0 aliphatic rings. The lowest BCUT2D eigenvalue weighted by Crippen LogP contribution is -2.16. The number of anilines is 1. The fourth-order valence-corrected chi connectivity index (χ4v) is 2.52. The average molecular weight is 348 g/mol. The molecule has 0 spiro atoms. The quantitative estimate of drug-likeness (QED) is 0.708. The van der Waals surface area contributed by atoms with Gasteiger partial charge in [0.2, 0.25) is 5.91 Å². The van der Waals surface area contributed by atoms with Gasteiger partial charge < -0.3 is 15.5 Å². The summed E-state index contributed by atoms with van der Waals surface area (Å²) in [4.78, 5) is 36.0. The fraction of sp³-hybridized carbons (Fsp3) is 0.0500. The number of hydrogen-bond donors (Lipinski definition) is 2. The van der Waals surface area contributed by atoms with Crippen LogP contribution in [0.15, 0.2) is 64.0 Å². The molecular weight excluding hydrogens is 332 g/mol. The molecule has 0 atom stereocenters. The third kappa shape index (κ3) is 3.54. The van der Waals surface area contributed by atoms with Crippen LogP contribution in [0.3, 0.4) is 0 Å². The molecule has 0 aliphatic carbocycles. The zero-order valence-electron chi connectivity index (χ0n) is 14.0. The van der Waals surface area contributed by atoms with Crippen molar-refractivity contribution in [2.24, 2.45) is 5.73 Å². The van der Waals surface area contributed by atoms with Crippen molar-refractivity contribution in [2.45, 2.75) is 6.92 Å². The van der Waals surface area contributed by atoms with E-state index in [1.807, 2.05) is 13.0 Å². The highest BCUT2D eigenvalue weighted by Gasteiger charge is 2.09. The lowest BCUT2D eigenvalue weighted by molar-refractivity contribution is -0.111. The van der Waals surface area contributed by atoms with E-state index in [1.54, 1.807) is 30.3 Å². The number of nitrogens with two attached hydrogens (primary N) is 1. The number of para-hydroxylation sites is 1. The zero-order valence-corrected chi connectivity index (χ0v) is 14.0. The van der Waals surface area contributed by atoms with Crippen molar-refractivity contribution in [2.75, 3.05) is 5.32 Å². The minimum absolute atomic E-state index is 0.204. The lowest BCUT2D eigenvalue weighted by Gasteiger charge is -2.06. The van der Waals surface area contributed by atoms with Gasteiger partial charge in [-0.05, 0) is 37.3 Å². The number of carbonyl (C=O) groups is 2. The number of hydrogen-bond acceptors (Lipinski definition) is 4. The predicted molar refractivity (Wildman–Crippen MR) is 99.8 cm³/mol. The van der Waals surface area contributed by atoms with E-state index in [-0.39, 0.29) is 16.6 Å². The van der Waals surface area contributed by atoms with Crippen LogP contribution in [0, 0.1) is 6.92 Å². The molecule has 3 rings (SSSR count). The Hall–Kier alpha value is -3.67. The fourth-order valence-electron chi connectivity index (χ4n) is 2.52. The third-order valence-corrected chi connectivity index (χ3v) is 3.82. The first kappa shape index (κ1) is 17.2. The number of amides is 2. The van der Waals surface area contributed by atoms with Crippen LogP contribution in [0.25, 0.3) is 17.0 Å². The molecule has 0 saturated carbocycles. The summed E-state index contributed by atoms with van der Waals surface area (Å²) in [6, 6.07) is 11.7. The molecule has 1 aromatic heterocycles. The van der Waals surface area contributed by atoms with Crippen molar-refractivity contribution in [1.82, 2.24) is 0 Å². The van der Waals surface area contributed by atoms with Gasteiger partial charge in [-0.15, -0.1) is 0 Å². The Bertz CT molecular complexity index is 1100. The van der Waals surface area contributed by atoms with Gasteiger partial charge in [0, 0.05) is 6.08 Å². The smallest absolute Gasteiger partial charge is 0.250 e. The second-order valence-electron chi connectivity index (χ2n) is 5.75. The minimum atomic E-state index is -0.643. The number of fused-ring (bicyclic) bond motifs is 1. The van der Waals surface area contributed by atoms with Crippen LogP contribution in [0.5, 0.6) is 0 Å². The average Bonchev–Trinajstić information content (AvgIpc) is 2.62. The summed E-state index contributed by atoms with van der Waals surface area (Å²) >= 11 is 0. The molecule has 1 heterocycles. The number of primary amides is 1. The summed E-state index contributed by atoms with van der Waals surface area (Å²) in [5, 5.41) is 3.02. The van der Waals surface area contributed by atoms with Crippen LogP contribution in [0.4, 0.5) is 5.69 Å². The van der Waals surface area contributed by atoms with E-state index in [9.17, 15) is 14.4 Å². The number of benzene rings is 2. The summed E-state index contributed by atoms with van der Waals surface area (Å²) in [7, 11) is 0. The van der Waals surface area contributed by atoms with Crippen molar-refractivity contribution >= 4 is 34.5 Å². The Morgan fingerprint density at radius 3 is 2.69 bits per heavy atom. The highest BCUT2D eigenvalue weighted by atomic mass is 16.3. The highest BCUT2D eigenvalue weighted by molar-refractivity contribution is 6.07. The number of aryl methyl sites for hydroxylation is 1. The summed E-state index contributed by atoms with van der Waals surface area (Å²) < 4.78 is 5.44. The molecule has 6 nitrogen and oxygen atoms in total. The van der Waals surface area contributed by atoms with Crippen LogP contribution < -0.4 is 16.5 Å². The molecule has 6 heteroatoms. The first-order valence-electron chi connectivity index (χ1n) is 7.86. The summed E-state index contributed by atoms with van der Waals surface area (Å²) in [6.45, 7) is 1.88. The molecular formula is C20H16N2O4. The van der Waals surface area contributed by atoms with Crippen LogP contribution >= 0.6 is 0 Å². The predicted octanol–water partition coefficient (Wildman–Crippen LogP) is 2.85. The normalized spacial score (nSPS) is 11.0. The first-order valence-corrected chi connectivity index (χ1v) is 7.86. The lowest BCUT2D eigenvalue weighted by atomic mass is 10.1. The van der Waals surface area contributed by atoms with Crippen molar-refractivity contribution in [1.29, 1.82) is 0 Å². The molecule has 130 valence electrons. The van der Waals surface area contributed by atoms with Gasteiger partial charge in [-0.3, -0.25) is 14.4 Å². The number of carbonyl (C=O) groups excluding carboxylic acids is 2. The van der Waals surface area contributed by atoms with Crippen LogP contribution in [0.1, 0.15) is 21.5 Å². The van der Waals surface area contributed by atoms with Crippen molar-refractivity contribution < 1.29 is 14.0 Å². The molecule has 0 aliphatic heterocycles. The van der Waals surface area contributed by atoms with Gasteiger partial charge in [-0.1, -0.05) is 23.8 Å². The molecule has 0 bridgehead atoms. The van der Waals surface area contributed by atoms with Gasteiger partial charge in [0.05, 0.1) is 22.2 Å². The number of rotatable bonds is 4. The van der Waals surface area contributed by atoms with Crippen LogP contribution in [0.2, 0.25) is 0 Å². The Kier molecular flexibility index (Phi) is 4.66. The molecule has 0 fully saturated rings. The van der Waals surface area contributed by atoms with Crippen molar-refractivity contribution in [3.63, 3.8) is 0 Å². The van der Waals surface area contributed by atoms with E-state index in [2.05, 4.69) is 5.32 Å². The van der Waals surface area contributed by atoms with E-state index in [0.717, 1.165) is 5.56 Å². The summed E-state index contributed by atoms with van der Waals surface area (Å²) in [6.07, 6.45) is 3.88. The maximum atomic E-state index is 12.5. The molecule has 3 N–H and O–H groups in total. The molecule has 0 unspecified atom stereocenters. The molecule has 2 aromatic carbocycles. The van der Waals surface area contributed by atoms with E-state index in [0.29, 0.717) is 16.7 Å². The highest BCUT2D eigenvalue weighted by Crippen LogP contribution is 2.15. The molecule has 0 saturated heterocycles. The third-order valence-electron chi connectivity index (χ3n) is 3.82. The topological polar surface area (TPSA) is 102 Å². The van der Waals surface area contributed by atoms with E-state index < -0.39 is 11.8 Å². The molecule has 0 radical (unpaired) electrons. The maximum absolute atomic E-state index is 12.5. The largest absolute Gasteiger partial charge is 0.463 e. The van der Waals surface area contributed by atoms with Gasteiger partial charge >= 0.3 is 0 Å². The Balaban J connectivity index is 1.85. The van der Waals surface area contributed by atoms with Crippen LogP contribution in [-0.2, 0) is 4.79 Å². The van der Waals surface area contributed by atoms with Crippen molar-refractivity contribution in [3.8, 4) is 0 Å². The van der Waals surface area contributed by atoms with Gasteiger partial charge in [0.25, 0.3) is 5.91 Å². The summed E-state index contributed by atoms with van der Waals surface area (Å²) in [5.41, 5.74) is 7.23. The molecule has 2 amide bonds. The standard InChI is InChI=1S/C20H16N2O4/c1-12-6-8-17-15(10-12)19(24)13(11-26-17)7-9-18(23)22-16-5-3-2-4-14(16)20(21)25/h2-11H,1H3,(H2,21,25)(H,22,23)/b9-7+. The second kappa shape index (κ2) is 7.06. The van der Waals surface area contributed by atoms with Gasteiger partial charge in [-0.25, -0.2) is 0 Å². The van der Waals surface area contributed by atoms with Gasteiger partial charge in [-0.2, -0.15) is 0 Å². The maximum Gasteiger partial charge on any atom is 0.250 e. The monoisotopic (exact) mass is 348 g/mol. The van der Waals surface area contributed by atoms with E-state index in [1.165, 1.54) is 24.5 Å².